The SMILES string of the molecule is CCc1ccccc1N(CC(=O)N(Cc1ccccc1Cl)[C@H](C)C(=O)NC1CCCC1)S(=O)(=O)c1ccc(C)cc1. The van der Waals surface area contributed by atoms with Crippen molar-refractivity contribution in [1.29, 1.82) is 0 Å². The van der Waals surface area contributed by atoms with Gasteiger partial charge in [-0.05, 0) is 68.5 Å². The average molecular weight is 596 g/mol. The first-order valence-electron chi connectivity index (χ1n) is 14.1. The van der Waals surface area contributed by atoms with Crippen molar-refractivity contribution in [3.05, 3.63) is 94.5 Å². The first-order chi connectivity index (χ1) is 19.6. The molecule has 1 aliphatic carbocycles. The zero-order valence-corrected chi connectivity index (χ0v) is 25.4. The summed E-state index contributed by atoms with van der Waals surface area (Å²) in [5.74, 6) is -0.764. The highest BCUT2D eigenvalue weighted by Gasteiger charge is 2.34. The van der Waals surface area contributed by atoms with E-state index in [1.165, 1.54) is 9.21 Å². The van der Waals surface area contributed by atoms with E-state index in [9.17, 15) is 18.0 Å². The van der Waals surface area contributed by atoms with Gasteiger partial charge in [0.25, 0.3) is 10.0 Å². The molecule has 1 atom stereocenters. The summed E-state index contributed by atoms with van der Waals surface area (Å²) in [5, 5.41) is 3.55. The minimum Gasteiger partial charge on any atom is -0.352 e. The summed E-state index contributed by atoms with van der Waals surface area (Å²) in [6, 6.07) is 20.1. The number of nitrogens with zero attached hydrogens (tertiary/aromatic N) is 2. The molecule has 9 heteroatoms. The molecule has 1 N–H and O–H groups in total. The van der Waals surface area contributed by atoms with Crippen molar-refractivity contribution in [3.63, 3.8) is 0 Å². The first kappa shape index (κ1) is 30.6. The van der Waals surface area contributed by atoms with Crippen LogP contribution < -0.4 is 9.62 Å². The predicted molar refractivity (Wildman–Crippen MR) is 163 cm³/mol. The van der Waals surface area contributed by atoms with Crippen molar-refractivity contribution in [2.75, 3.05) is 10.8 Å². The smallest absolute Gasteiger partial charge is 0.264 e. The Morgan fingerprint density at radius 1 is 0.951 bits per heavy atom. The van der Waals surface area contributed by atoms with Crippen LogP contribution >= 0.6 is 11.6 Å². The number of aryl methyl sites for hydroxylation is 2. The standard InChI is InChI=1S/C32H38ClN3O4S/c1-4-25-11-6-10-16-30(25)36(41(39,40)28-19-17-23(2)18-20-28)22-31(37)35(21-26-12-5-9-15-29(26)33)24(3)32(38)34-27-13-7-8-14-27/h5-6,9-12,15-20,24,27H,4,7-8,13-14,21-22H2,1-3H3,(H,34,38)/t24-/m1/s1. The number of para-hydroxylation sites is 1. The molecule has 3 aromatic rings. The maximum atomic E-state index is 14.2. The Morgan fingerprint density at radius 3 is 2.20 bits per heavy atom. The summed E-state index contributed by atoms with van der Waals surface area (Å²) in [5.41, 5.74) is 2.82. The van der Waals surface area contributed by atoms with Gasteiger partial charge in [0.15, 0.2) is 0 Å². The number of anilines is 1. The normalized spacial score (nSPS) is 14.4. The maximum Gasteiger partial charge on any atom is 0.264 e. The molecular formula is C32H38ClN3O4S. The fourth-order valence-electron chi connectivity index (χ4n) is 5.19. The molecule has 0 aliphatic heterocycles. The number of carbonyl (C=O) groups excluding carboxylic acids is 2. The number of hydrogen-bond acceptors (Lipinski definition) is 4. The molecule has 0 heterocycles. The Bertz CT molecular complexity index is 1470. The monoisotopic (exact) mass is 595 g/mol. The van der Waals surface area contributed by atoms with Gasteiger partial charge in [0.1, 0.15) is 12.6 Å². The molecule has 7 nitrogen and oxygen atoms in total. The summed E-state index contributed by atoms with van der Waals surface area (Å²) < 4.78 is 29.3. The highest BCUT2D eigenvalue weighted by molar-refractivity contribution is 7.92. The Morgan fingerprint density at radius 2 is 1.56 bits per heavy atom. The minimum absolute atomic E-state index is 0.0611. The quantitative estimate of drug-likeness (QED) is 0.300. The molecule has 0 bridgehead atoms. The molecule has 0 radical (unpaired) electrons. The van der Waals surface area contributed by atoms with E-state index >= 15 is 0 Å². The van der Waals surface area contributed by atoms with Crippen LogP contribution in [-0.4, -0.2) is 43.8 Å². The largest absolute Gasteiger partial charge is 0.352 e. The van der Waals surface area contributed by atoms with Crippen LogP contribution in [0, 0.1) is 6.92 Å². The fourth-order valence-corrected chi connectivity index (χ4v) is 6.84. The van der Waals surface area contributed by atoms with Crippen LogP contribution in [0.2, 0.25) is 5.02 Å². The molecule has 0 saturated heterocycles. The van der Waals surface area contributed by atoms with Crippen molar-refractivity contribution in [2.45, 2.75) is 76.4 Å². The van der Waals surface area contributed by atoms with Gasteiger partial charge in [-0.2, -0.15) is 0 Å². The number of nitrogens with one attached hydrogen (secondary N) is 1. The molecule has 4 rings (SSSR count). The van der Waals surface area contributed by atoms with Gasteiger partial charge >= 0.3 is 0 Å². The van der Waals surface area contributed by atoms with Crippen LogP contribution in [0.1, 0.15) is 56.2 Å². The van der Waals surface area contributed by atoms with E-state index in [-0.39, 0.29) is 23.4 Å². The average Bonchev–Trinajstić information content (AvgIpc) is 3.48. The van der Waals surface area contributed by atoms with Crippen LogP contribution in [0.15, 0.2) is 77.7 Å². The number of hydrogen-bond donors (Lipinski definition) is 1. The highest BCUT2D eigenvalue weighted by Crippen LogP contribution is 2.29. The highest BCUT2D eigenvalue weighted by atomic mass is 35.5. The van der Waals surface area contributed by atoms with Gasteiger partial charge in [0, 0.05) is 17.6 Å². The zero-order chi connectivity index (χ0) is 29.6. The topological polar surface area (TPSA) is 86.8 Å². The molecular weight excluding hydrogens is 558 g/mol. The lowest BCUT2D eigenvalue weighted by molar-refractivity contribution is -0.139. The third-order valence-corrected chi connectivity index (χ3v) is 9.84. The molecule has 1 fully saturated rings. The van der Waals surface area contributed by atoms with E-state index in [1.807, 2.05) is 32.0 Å². The molecule has 2 amide bonds. The third-order valence-electron chi connectivity index (χ3n) is 7.70. The molecule has 0 aromatic heterocycles. The second-order valence-electron chi connectivity index (χ2n) is 10.6. The van der Waals surface area contributed by atoms with Crippen LogP contribution in [-0.2, 0) is 32.6 Å². The zero-order valence-electron chi connectivity index (χ0n) is 23.8. The van der Waals surface area contributed by atoms with Crippen molar-refractivity contribution >= 4 is 39.1 Å². The Labute approximate surface area is 248 Å². The van der Waals surface area contributed by atoms with Crippen molar-refractivity contribution in [3.8, 4) is 0 Å². The summed E-state index contributed by atoms with van der Waals surface area (Å²) in [6.45, 7) is 5.09. The number of rotatable bonds is 11. The van der Waals surface area contributed by atoms with E-state index in [1.54, 1.807) is 61.5 Å². The van der Waals surface area contributed by atoms with Gasteiger partial charge in [0.2, 0.25) is 11.8 Å². The maximum absolute atomic E-state index is 14.2. The third kappa shape index (κ3) is 7.29. The van der Waals surface area contributed by atoms with Crippen molar-refractivity contribution < 1.29 is 18.0 Å². The number of halogens is 1. The van der Waals surface area contributed by atoms with Gasteiger partial charge in [-0.25, -0.2) is 8.42 Å². The fraction of sp³-hybridized carbons (Fsp3) is 0.375. The lowest BCUT2D eigenvalue weighted by Gasteiger charge is -2.33. The van der Waals surface area contributed by atoms with E-state index < -0.39 is 28.5 Å². The summed E-state index contributed by atoms with van der Waals surface area (Å²) in [7, 11) is -4.12. The Hall–Kier alpha value is -3.36. The number of amides is 2. The molecule has 1 aliphatic rings. The summed E-state index contributed by atoms with van der Waals surface area (Å²) in [4.78, 5) is 29.0. The lowest BCUT2D eigenvalue weighted by atomic mass is 10.1. The molecule has 0 unspecified atom stereocenters. The minimum atomic E-state index is -4.12. The number of sulfonamides is 1. The van der Waals surface area contributed by atoms with E-state index in [2.05, 4.69) is 5.32 Å². The van der Waals surface area contributed by atoms with Gasteiger partial charge in [-0.1, -0.05) is 85.5 Å². The number of carbonyl (C=O) groups is 2. The second-order valence-corrected chi connectivity index (χ2v) is 12.9. The second kappa shape index (κ2) is 13.5. The summed E-state index contributed by atoms with van der Waals surface area (Å²) in [6.07, 6.45) is 4.52. The van der Waals surface area contributed by atoms with E-state index in [0.717, 1.165) is 36.8 Å². The van der Waals surface area contributed by atoms with Crippen molar-refractivity contribution in [1.82, 2.24) is 10.2 Å². The van der Waals surface area contributed by atoms with Gasteiger partial charge in [0.05, 0.1) is 10.6 Å². The van der Waals surface area contributed by atoms with Crippen LogP contribution in [0.25, 0.3) is 0 Å². The lowest BCUT2D eigenvalue weighted by Crippen LogP contribution is -2.52. The molecule has 0 spiro atoms. The van der Waals surface area contributed by atoms with Crippen LogP contribution in [0.4, 0.5) is 5.69 Å². The van der Waals surface area contributed by atoms with Gasteiger partial charge in [-0.15, -0.1) is 0 Å². The van der Waals surface area contributed by atoms with E-state index in [4.69, 9.17) is 11.6 Å². The Kier molecular flexibility index (Phi) is 10.1. The predicted octanol–water partition coefficient (Wildman–Crippen LogP) is 5.88. The summed E-state index contributed by atoms with van der Waals surface area (Å²) >= 11 is 6.46. The first-order valence-corrected chi connectivity index (χ1v) is 15.9. The van der Waals surface area contributed by atoms with E-state index in [0.29, 0.717) is 22.7 Å². The molecule has 3 aromatic carbocycles. The van der Waals surface area contributed by atoms with Gasteiger partial charge < -0.3 is 10.2 Å². The van der Waals surface area contributed by atoms with Crippen molar-refractivity contribution in [2.24, 2.45) is 0 Å². The van der Waals surface area contributed by atoms with Crippen LogP contribution in [0.5, 0.6) is 0 Å². The molecule has 41 heavy (non-hydrogen) atoms. The Balaban J connectivity index is 1.72. The van der Waals surface area contributed by atoms with Crippen LogP contribution in [0.3, 0.4) is 0 Å². The van der Waals surface area contributed by atoms with Gasteiger partial charge in [-0.3, -0.25) is 13.9 Å². The number of benzene rings is 3. The molecule has 218 valence electrons. The molecule has 1 saturated carbocycles.